The van der Waals surface area contributed by atoms with E-state index < -0.39 is 0 Å². The van der Waals surface area contributed by atoms with Gasteiger partial charge in [0.15, 0.2) is 5.96 Å². The average molecular weight is 488 g/mol. The molecule has 0 aromatic heterocycles. The highest BCUT2D eigenvalue weighted by Gasteiger charge is 2.22. The smallest absolute Gasteiger partial charge is 0.191 e. The number of nitrogens with one attached hydrogen (secondary N) is 2. The van der Waals surface area contributed by atoms with Crippen LogP contribution in [0.15, 0.2) is 29.3 Å². The summed E-state index contributed by atoms with van der Waals surface area (Å²) in [5, 5.41) is 16.1. The van der Waals surface area contributed by atoms with E-state index in [0.717, 1.165) is 57.8 Å². The van der Waals surface area contributed by atoms with E-state index in [0.29, 0.717) is 12.0 Å². The molecule has 1 aromatic carbocycles. The zero-order valence-electron chi connectivity index (χ0n) is 17.1. The zero-order valence-corrected chi connectivity index (χ0v) is 19.4. The summed E-state index contributed by atoms with van der Waals surface area (Å²) in [7, 11) is 0. The number of benzene rings is 1. The van der Waals surface area contributed by atoms with Crippen LogP contribution in [0.2, 0.25) is 0 Å². The molecule has 1 aliphatic heterocycles. The summed E-state index contributed by atoms with van der Waals surface area (Å²) < 4.78 is 0. The number of anilines is 1. The van der Waals surface area contributed by atoms with E-state index in [1.54, 1.807) is 0 Å². The molecule has 2 atom stereocenters. The van der Waals surface area contributed by atoms with Gasteiger partial charge in [-0.15, -0.1) is 24.0 Å². The number of hydrogen-bond donors (Lipinski definition) is 3. The van der Waals surface area contributed by atoms with Crippen LogP contribution in [0.25, 0.3) is 0 Å². The molecule has 2 rings (SSSR count). The molecule has 5 nitrogen and oxygen atoms in total. The fourth-order valence-corrected chi connectivity index (χ4v) is 3.66. The maximum Gasteiger partial charge on any atom is 0.191 e. The minimum absolute atomic E-state index is 0. The lowest BCUT2D eigenvalue weighted by Gasteiger charge is -2.28. The number of para-hydroxylation sites is 1. The summed E-state index contributed by atoms with van der Waals surface area (Å²) in [6, 6.07) is 9.11. The Labute approximate surface area is 182 Å². The molecule has 3 N–H and O–H groups in total. The van der Waals surface area contributed by atoms with Crippen LogP contribution in [-0.4, -0.2) is 49.9 Å². The number of rotatable bonds is 10. The minimum atomic E-state index is 0. The standard InChI is InChI=1S/C21H36N4O.HI/c1-4-8-18(12-14-26)16-24-21(22-5-2)23-15-17(3)25-13-11-19-9-6-7-10-20(19)25;/h6-7,9-10,17-18,26H,4-5,8,11-16H2,1-3H3,(H2,22,23,24);1H. The summed E-state index contributed by atoms with van der Waals surface area (Å²) in [6.07, 6.45) is 4.21. The van der Waals surface area contributed by atoms with Crippen molar-refractivity contribution in [3.63, 3.8) is 0 Å². The minimum Gasteiger partial charge on any atom is -0.396 e. The summed E-state index contributed by atoms with van der Waals surface area (Å²) in [5.41, 5.74) is 2.82. The number of guanidine groups is 1. The van der Waals surface area contributed by atoms with Crippen LogP contribution in [0.5, 0.6) is 0 Å². The fraction of sp³-hybridized carbons (Fsp3) is 0.667. The summed E-state index contributed by atoms with van der Waals surface area (Å²) in [6.45, 7) is 10.4. The Morgan fingerprint density at radius 1 is 1.22 bits per heavy atom. The van der Waals surface area contributed by atoms with Crippen LogP contribution in [0.1, 0.15) is 45.6 Å². The first-order valence-electron chi connectivity index (χ1n) is 10.2. The molecular weight excluding hydrogens is 451 g/mol. The van der Waals surface area contributed by atoms with Gasteiger partial charge in [0.25, 0.3) is 0 Å². The Morgan fingerprint density at radius 2 is 2.00 bits per heavy atom. The van der Waals surface area contributed by atoms with Crippen molar-refractivity contribution in [2.24, 2.45) is 10.9 Å². The molecule has 0 saturated carbocycles. The molecular formula is C21H37IN4O. The van der Waals surface area contributed by atoms with Crippen LogP contribution in [0.4, 0.5) is 5.69 Å². The zero-order chi connectivity index (χ0) is 18.8. The van der Waals surface area contributed by atoms with E-state index in [-0.39, 0.29) is 30.6 Å². The molecule has 0 spiro atoms. The number of aliphatic hydroxyl groups excluding tert-OH is 1. The number of halogens is 1. The lowest BCUT2D eigenvalue weighted by Crippen LogP contribution is -2.45. The van der Waals surface area contributed by atoms with Crippen molar-refractivity contribution in [3.8, 4) is 0 Å². The van der Waals surface area contributed by atoms with Crippen molar-refractivity contribution in [1.82, 2.24) is 10.6 Å². The number of hydrogen-bond acceptors (Lipinski definition) is 3. The van der Waals surface area contributed by atoms with Gasteiger partial charge < -0.3 is 20.6 Å². The lowest BCUT2D eigenvalue weighted by atomic mass is 10.0. The van der Waals surface area contributed by atoms with Gasteiger partial charge in [-0.05, 0) is 50.7 Å². The van der Waals surface area contributed by atoms with E-state index in [1.165, 1.54) is 11.3 Å². The van der Waals surface area contributed by atoms with Gasteiger partial charge in [0, 0.05) is 44.5 Å². The molecule has 0 radical (unpaired) electrons. The Balaban J connectivity index is 0.00000364. The average Bonchev–Trinajstić information content (AvgIpc) is 3.08. The summed E-state index contributed by atoms with van der Waals surface area (Å²) in [4.78, 5) is 7.24. The summed E-state index contributed by atoms with van der Waals surface area (Å²) in [5.74, 6) is 1.34. The third-order valence-electron chi connectivity index (χ3n) is 5.11. The highest BCUT2D eigenvalue weighted by Crippen LogP contribution is 2.28. The Hall–Kier alpha value is -1.02. The van der Waals surface area contributed by atoms with Crippen LogP contribution in [-0.2, 0) is 6.42 Å². The molecule has 0 aliphatic carbocycles. The third kappa shape index (κ3) is 7.49. The van der Waals surface area contributed by atoms with Crippen LogP contribution < -0.4 is 15.5 Å². The molecule has 27 heavy (non-hydrogen) atoms. The molecule has 1 aromatic rings. The Morgan fingerprint density at radius 3 is 2.70 bits per heavy atom. The Kier molecular flexibility index (Phi) is 11.7. The fourth-order valence-electron chi connectivity index (χ4n) is 3.66. The molecule has 154 valence electrons. The first kappa shape index (κ1) is 24.0. The lowest BCUT2D eigenvalue weighted by molar-refractivity contribution is 0.253. The van der Waals surface area contributed by atoms with Gasteiger partial charge in [0.1, 0.15) is 0 Å². The topological polar surface area (TPSA) is 59.9 Å². The van der Waals surface area contributed by atoms with Crippen LogP contribution in [0, 0.1) is 5.92 Å². The van der Waals surface area contributed by atoms with Crippen molar-refractivity contribution in [1.29, 1.82) is 0 Å². The highest BCUT2D eigenvalue weighted by molar-refractivity contribution is 14.0. The molecule has 0 saturated heterocycles. The van der Waals surface area contributed by atoms with E-state index in [9.17, 15) is 5.11 Å². The second-order valence-corrected chi connectivity index (χ2v) is 7.19. The second kappa shape index (κ2) is 13.2. The number of aliphatic imine (C=N–C) groups is 1. The van der Waals surface area contributed by atoms with Crippen molar-refractivity contribution in [2.75, 3.05) is 37.7 Å². The first-order valence-corrected chi connectivity index (χ1v) is 10.2. The molecule has 0 amide bonds. The monoisotopic (exact) mass is 488 g/mol. The van der Waals surface area contributed by atoms with Gasteiger partial charge in [-0.3, -0.25) is 4.99 Å². The van der Waals surface area contributed by atoms with Gasteiger partial charge in [0.2, 0.25) is 0 Å². The predicted octanol–water partition coefficient (Wildman–Crippen LogP) is 3.41. The summed E-state index contributed by atoms with van der Waals surface area (Å²) >= 11 is 0. The number of aliphatic hydroxyl groups is 1. The largest absolute Gasteiger partial charge is 0.396 e. The third-order valence-corrected chi connectivity index (χ3v) is 5.11. The predicted molar refractivity (Wildman–Crippen MR) is 126 cm³/mol. The molecule has 1 aliphatic rings. The van der Waals surface area contributed by atoms with Gasteiger partial charge >= 0.3 is 0 Å². The van der Waals surface area contributed by atoms with Crippen molar-refractivity contribution >= 4 is 35.6 Å². The molecule has 0 fully saturated rings. The van der Waals surface area contributed by atoms with Gasteiger partial charge in [0.05, 0.1) is 0 Å². The van der Waals surface area contributed by atoms with Crippen molar-refractivity contribution in [3.05, 3.63) is 29.8 Å². The maximum atomic E-state index is 9.22. The molecule has 1 heterocycles. The number of fused-ring (bicyclic) bond motifs is 1. The van der Waals surface area contributed by atoms with E-state index >= 15 is 0 Å². The first-order chi connectivity index (χ1) is 12.7. The quantitative estimate of drug-likeness (QED) is 0.269. The Bertz CT molecular complexity index is 561. The van der Waals surface area contributed by atoms with Crippen molar-refractivity contribution < 1.29 is 5.11 Å². The van der Waals surface area contributed by atoms with Gasteiger partial charge in [-0.1, -0.05) is 31.5 Å². The van der Waals surface area contributed by atoms with E-state index in [4.69, 9.17) is 4.99 Å². The van der Waals surface area contributed by atoms with E-state index in [2.05, 4.69) is 60.6 Å². The molecule has 6 heteroatoms. The molecule has 0 bridgehead atoms. The maximum absolute atomic E-state index is 9.22. The second-order valence-electron chi connectivity index (χ2n) is 7.19. The SMILES string of the molecule is CCCC(CCO)CN=C(NCC)NCC(C)N1CCc2ccccc21.I. The normalized spacial score (nSPS) is 15.7. The highest BCUT2D eigenvalue weighted by atomic mass is 127. The van der Waals surface area contributed by atoms with Gasteiger partial charge in [-0.2, -0.15) is 0 Å². The van der Waals surface area contributed by atoms with Crippen LogP contribution >= 0.6 is 24.0 Å². The van der Waals surface area contributed by atoms with E-state index in [1.807, 2.05) is 0 Å². The van der Waals surface area contributed by atoms with Crippen LogP contribution in [0.3, 0.4) is 0 Å². The molecule has 2 unspecified atom stereocenters. The van der Waals surface area contributed by atoms with Crippen molar-refractivity contribution in [2.45, 2.75) is 52.5 Å². The van der Waals surface area contributed by atoms with Gasteiger partial charge in [-0.25, -0.2) is 0 Å². The number of nitrogens with zero attached hydrogens (tertiary/aromatic N) is 2.